The number of benzene rings is 2. The lowest BCUT2D eigenvalue weighted by molar-refractivity contribution is -0.432. The van der Waals surface area contributed by atoms with Crippen LogP contribution in [0.5, 0.6) is 0 Å². The van der Waals surface area contributed by atoms with Crippen molar-refractivity contribution in [2.45, 2.75) is 156 Å². The maximum Gasteiger partial charge on any atom is 0.320 e. The second kappa shape index (κ2) is 32.4. The van der Waals surface area contributed by atoms with Crippen LogP contribution in [0.15, 0.2) is 70.1 Å². The second-order valence-corrected chi connectivity index (χ2v) is 23.7. The van der Waals surface area contributed by atoms with Crippen molar-refractivity contribution in [2.24, 2.45) is 0 Å². The molecule has 0 saturated carbocycles. The van der Waals surface area contributed by atoms with Gasteiger partial charge in [-0.2, -0.15) is 8.42 Å². The van der Waals surface area contributed by atoms with Crippen LogP contribution in [-0.2, 0) is 68.7 Å². The zero-order valence-electron chi connectivity index (χ0n) is 47.1. The number of carbonyl (C=O) groups excluding carboxylic acids is 2. The van der Waals surface area contributed by atoms with Gasteiger partial charge in [-0.3, -0.25) is 52.7 Å². The number of hydrogen-bond acceptors (Lipinski definition) is 18. The molecule has 460 valence electrons. The molecule has 0 aliphatic carbocycles. The first-order valence-electron chi connectivity index (χ1n) is 27.3. The fourth-order valence-electron chi connectivity index (χ4n) is 10.7. The van der Waals surface area contributed by atoms with Gasteiger partial charge in [-0.25, -0.2) is 5.26 Å². The molecular formula is C55H78N6O20S2. The van der Waals surface area contributed by atoms with Crippen molar-refractivity contribution in [1.82, 2.24) is 20.4 Å². The molecule has 10 N–H and O–H groups in total. The number of nitrogens with one attached hydrogen (secondary N) is 2. The maximum absolute atomic E-state index is 12.8. The Morgan fingerprint density at radius 3 is 1.61 bits per heavy atom. The molecule has 2 aliphatic rings. The molecule has 4 rings (SSSR count). The Balaban J connectivity index is 1.41. The SMILES string of the molecule is CC1(C)/C(=C\C=C\C2N(CCCCCC(=O)NCCCCC(C(=O)O)N(CC(=O)O)CC(=O)O)c3ccc(S(=O)(=O)O)cc3C2(C)C)N(CCCCCC(=O)NCCCCC(C(=O)O)N(CC(=O)O)CC(=O)O)c2ccc(SOOO)cc21. The van der Waals surface area contributed by atoms with Crippen LogP contribution >= 0.6 is 12.0 Å². The van der Waals surface area contributed by atoms with E-state index in [1.54, 1.807) is 6.07 Å². The van der Waals surface area contributed by atoms with Gasteiger partial charge in [-0.05, 0) is 118 Å². The predicted octanol–water partition coefficient (Wildman–Crippen LogP) is 5.61. The van der Waals surface area contributed by atoms with Gasteiger partial charge in [0.05, 0.1) is 49.2 Å². The normalized spacial score (nSPS) is 16.5. The van der Waals surface area contributed by atoms with Gasteiger partial charge in [-0.1, -0.05) is 57.7 Å². The molecule has 2 aromatic carbocycles. The number of carbonyl (C=O) groups is 8. The number of fused-ring (bicyclic) bond motifs is 2. The van der Waals surface area contributed by atoms with Crippen LogP contribution in [0.3, 0.4) is 0 Å². The van der Waals surface area contributed by atoms with Crippen molar-refractivity contribution in [2.75, 3.05) is 62.2 Å². The minimum Gasteiger partial charge on any atom is -0.480 e. The van der Waals surface area contributed by atoms with Gasteiger partial charge in [0.1, 0.15) is 12.1 Å². The molecule has 28 heteroatoms. The van der Waals surface area contributed by atoms with Crippen LogP contribution in [0.1, 0.15) is 129 Å². The first kappa shape index (κ1) is 68.8. The van der Waals surface area contributed by atoms with Gasteiger partial charge in [-0.15, -0.1) is 4.33 Å². The van der Waals surface area contributed by atoms with Crippen molar-refractivity contribution in [3.63, 3.8) is 0 Å². The lowest BCUT2D eigenvalue weighted by Gasteiger charge is -2.32. The highest BCUT2D eigenvalue weighted by atomic mass is 32.2. The van der Waals surface area contributed by atoms with Gasteiger partial charge in [0, 0.05) is 71.8 Å². The van der Waals surface area contributed by atoms with E-state index in [0.29, 0.717) is 87.8 Å². The molecule has 3 atom stereocenters. The van der Waals surface area contributed by atoms with Crippen molar-refractivity contribution >= 4 is 81.2 Å². The van der Waals surface area contributed by atoms with E-state index in [2.05, 4.69) is 45.4 Å². The molecule has 0 fully saturated rings. The van der Waals surface area contributed by atoms with E-state index in [4.69, 9.17) is 30.0 Å². The number of aliphatic carboxylic acids is 6. The summed E-state index contributed by atoms with van der Waals surface area (Å²) in [4.78, 5) is 101. The molecule has 3 unspecified atom stereocenters. The Kier molecular flexibility index (Phi) is 26.9. The largest absolute Gasteiger partial charge is 0.480 e. The van der Waals surface area contributed by atoms with Crippen LogP contribution in [0, 0.1) is 0 Å². The van der Waals surface area contributed by atoms with Gasteiger partial charge >= 0.3 is 35.8 Å². The van der Waals surface area contributed by atoms with Crippen LogP contribution in [0.2, 0.25) is 0 Å². The average Bonchev–Trinajstić information content (AvgIpc) is 3.51. The number of carboxylic acid groups (broad SMARTS) is 6. The number of rotatable bonds is 40. The third kappa shape index (κ3) is 20.9. The standard InChI is InChI=1S/C55H78N6O20S2/c1-54(2)38-30-36(82-81-80-76)22-24-40(38)60(28-13-5-7-20-46(62)56-26-11-9-16-42(52(72)73)58(32-48(64)65)33-49(66)67)44(54)18-15-19-45-55(3,4)39-31-37(83(77,78)79)23-25-41(39)61(45)29-14-6-8-21-47(63)57-27-12-10-17-43(53(74)75)59(34-50(68)69)35-51(70)71/h15,18-19,22-25,30-31,42-43,45,76H,5-14,16-17,20-21,26-29,32-35H2,1-4H3,(H,56,62)(H,57,63)(H,64,65)(H,66,67)(H,68,69)(H,70,71)(H,72,73)(H,74,75)(H,77,78,79)/b19-15+,44-18+. The molecule has 0 saturated heterocycles. The maximum atomic E-state index is 12.8. The summed E-state index contributed by atoms with van der Waals surface area (Å²) < 4.78 is 39.5. The summed E-state index contributed by atoms with van der Waals surface area (Å²) in [6.45, 7) is 6.76. The Bertz CT molecular complexity index is 2760. The average molecular weight is 1210 g/mol. The van der Waals surface area contributed by atoms with Crippen LogP contribution in [-0.4, -0.2) is 177 Å². The second-order valence-electron chi connectivity index (χ2n) is 21.5. The third-order valence-electron chi connectivity index (χ3n) is 14.8. The minimum atomic E-state index is -4.53. The summed E-state index contributed by atoms with van der Waals surface area (Å²) >= 11 is 0.835. The number of hydrogen-bond donors (Lipinski definition) is 10. The van der Waals surface area contributed by atoms with E-state index < -0.39 is 95.0 Å². The van der Waals surface area contributed by atoms with Crippen molar-refractivity contribution in [1.29, 1.82) is 0 Å². The van der Waals surface area contributed by atoms with Crippen LogP contribution in [0.25, 0.3) is 0 Å². The highest BCUT2D eigenvalue weighted by Crippen LogP contribution is 2.50. The Hall–Kier alpha value is -6.66. The number of anilines is 2. The van der Waals surface area contributed by atoms with E-state index in [9.17, 15) is 61.5 Å². The molecule has 83 heavy (non-hydrogen) atoms. The topological polar surface area (TPSA) is 388 Å². The van der Waals surface area contributed by atoms with E-state index in [1.807, 2.05) is 44.2 Å². The predicted molar refractivity (Wildman–Crippen MR) is 302 cm³/mol. The molecule has 2 aromatic rings. The van der Waals surface area contributed by atoms with E-state index in [1.165, 1.54) is 12.1 Å². The highest BCUT2D eigenvalue weighted by molar-refractivity contribution is 7.94. The number of allylic oxidation sites excluding steroid dienone is 3. The summed E-state index contributed by atoms with van der Waals surface area (Å²) in [5.74, 6) is -8.50. The molecule has 0 bridgehead atoms. The lowest BCUT2D eigenvalue weighted by Crippen LogP contribution is -2.46. The monoisotopic (exact) mass is 1210 g/mol. The summed E-state index contributed by atoms with van der Waals surface area (Å²) in [5, 5.41) is 74.3. The first-order chi connectivity index (χ1) is 39.1. The summed E-state index contributed by atoms with van der Waals surface area (Å²) in [5.41, 5.74) is 3.14. The van der Waals surface area contributed by atoms with Crippen molar-refractivity contribution < 1.29 is 96.6 Å². The smallest absolute Gasteiger partial charge is 0.320 e. The zero-order valence-corrected chi connectivity index (χ0v) is 48.7. The summed E-state index contributed by atoms with van der Waals surface area (Å²) in [6.07, 6.45) is 11.7. The Labute approximate surface area is 486 Å². The van der Waals surface area contributed by atoms with Crippen molar-refractivity contribution in [3.05, 3.63) is 71.5 Å². The summed E-state index contributed by atoms with van der Waals surface area (Å²) in [7, 11) is -4.53. The number of nitrogens with zero attached hydrogens (tertiary/aromatic N) is 4. The fourth-order valence-corrected chi connectivity index (χ4v) is 11.6. The fraction of sp³-hybridized carbons (Fsp3) is 0.564. The quantitative estimate of drug-likeness (QED) is 0.0127. The number of unbranched alkanes of at least 4 members (excludes halogenated alkanes) is 6. The van der Waals surface area contributed by atoms with Gasteiger partial charge in [0.15, 0.2) is 0 Å². The highest BCUT2D eigenvalue weighted by Gasteiger charge is 2.44. The van der Waals surface area contributed by atoms with Gasteiger partial charge < -0.3 is 51.1 Å². The first-order valence-corrected chi connectivity index (χ1v) is 29.5. The third-order valence-corrected chi connectivity index (χ3v) is 16.2. The van der Waals surface area contributed by atoms with E-state index >= 15 is 0 Å². The van der Waals surface area contributed by atoms with Crippen LogP contribution in [0.4, 0.5) is 11.4 Å². The van der Waals surface area contributed by atoms with Crippen LogP contribution < -0.4 is 20.4 Å². The van der Waals surface area contributed by atoms with Crippen molar-refractivity contribution in [3.8, 4) is 0 Å². The molecule has 0 spiro atoms. The number of carboxylic acids is 6. The minimum absolute atomic E-state index is 0.00569. The molecule has 26 nitrogen and oxygen atoms in total. The molecule has 2 heterocycles. The molecule has 0 radical (unpaired) electrons. The molecule has 2 aliphatic heterocycles. The molecule has 0 aromatic heterocycles. The molecular weight excluding hydrogens is 1130 g/mol. The van der Waals surface area contributed by atoms with E-state index in [-0.39, 0.29) is 61.5 Å². The molecule has 2 amide bonds. The van der Waals surface area contributed by atoms with E-state index in [0.717, 1.165) is 44.5 Å². The zero-order chi connectivity index (χ0) is 61.7. The summed E-state index contributed by atoms with van der Waals surface area (Å²) in [6, 6.07) is 7.34. The number of amides is 2. The Morgan fingerprint density at radius 1 is 0.651 bits per heavy atom. The lowest BCUT2D eigenvalue weighted by atomic mass is 9.80. The Morgan fingerprint density at radius 2 is 1.14 bits per heavy atom. The van der Waals surface area contributed by atoms with Gasteiger partial charge in [0.2, 0.25) is 11.8 Å². The van der Waals surface area contributed by atoms with Gasteiger partial charge in [0.25, 0.3) is 10.1 Å².